The van der Waals surface area contributed by atoms with Crippen LogP contribution in [0.4, 0.5) is 0 Å². The summed E-state index contributed by atoms with van der Waals surface area (Å²) < 4.78 is 5.35. The van der Waals surface area contributed by atoms with Crippen molar-refractivity contribution in [3.05, 3.63) is 65.9 Å². The molecule has 0 bridgehead atoms. The minimum atomic E-state index is -0.153. The first-order valence-corrected chi connectivity index (χ1v) is 9.77. The highest BCUT2D eigenvalue weighted by Gasteiger charge is 2.14. The van der Waals surface area contributed by atoms with Crippen LogP contribution in [0.2, 0.25) is 0 Å². The third-order valence-corrected chi connectivity index (χ3v) is 5.01. The standard InChI is InChI=1S/C23H27N3O3/c1-17(27)26(14-12-18-7-3-6-10-22(18)29-2)16-23(28)24-13-11-19-15-25-21-9-5-4-8-20(19)21/h3-10,15,25H,11-14,16H2,1-2H3,(H,24,28). The molecule has 1 heterocycles. The molecule has 1 aromatic heterocycles. The number of carbonyl (C=O) groups is 2. The summed E-state index contributed by atoms with van der Waals surface area (Å²) in [6, 6.07) is 15.8. The fourth-order valence-electron chi connectivity index (χ4n) is 3.42. The Hall–Kier alpha value is -3.28. The fourth-order valence-corrected chi connectivity index (χ4v) is 3.42. The van der Waals surface area contributed by atoms with Gasteiger partial charge in [0.1, 0.15) is 5.75 Å². The van der Waals surface area contributed by atoms with Crippen LogP contribution in [-0.2, 0) is 22.4 Å². The average molecular weight is 393 g/mol. The third-order valence-electron chi connectivity index (χ3n) is 5.01. The molecule has 0 aliphatic rings. The number of rotatable bonds is 9. The van der Waals surface area contributed by atoms with Crippen LogP contribution < -0.4 is 10.1 Å². The van der Waals surface area contributed by atoms with Crippen LogP contribution in [0.5, 0.6) is 5.75 Å². The molecule has 152 valence electrons. The maximum atomic E-state index is 12.3. The minimum absolute atomic E-state index is 0.0539. The van der Waals surface area contributed by atoms with Crippen molar-refractivity contribution in [3.8, 4) is 5.75 Å². The molecular formula is C23H27N3O3. The van der Waals surface area contributed by atoms with Gasteiger partial charge in [-0.15, -0.1) is 0 Å². The van der Waals surface area contributed by atoms with Gasteiger partial charge < -0.3 is 19.9 Å². The molecule has 2 aromatic carbocycles. The highest BCUT2D eigenvalue weighted by atomic mass is 16.5. The number of ether oxygens (including phenoxy) is 1. The normalized spacial score (nSPS) is 10.7. The summed E-state index contributed by atoms with van der Waals surface area (Å²) in [5.41, 5.74) is 3.27. The quantitative estimate of drug-likeness (QED) is 0.587. The lowest BCUT2D eigenvalue weighted by molar-refractivity contribution is -0.134. The number of para-hydroxylation sites is 2. The van der Waals surface area contributed by atoms with Gasteiger partial charge in [0.2, 0.25) is 11.8 Å². The molecule has 0 saturated heterocycles. The smallest absolute Gasteiger partial charge is 0.239 e. The number of nitrogens with one attached hydrogen (secondary N) is 2. The summed E-state index contributed by atoms with van der Waals surface area (Å²) in [7, 11) is 1.63. The molecule has 6 heteroatoms. The van der Waals surface area contributed by atoms with Crippen molar-refractivity contribution < 1.29 is 14.3 Å². The number of amides is 2. The van der Waals surface area contributed by atoms with Crippen molar-refractivity contribution in [2.75, 3.05) is 26.7 Å². The van der Waals surface area contributed by atoms with E-state index in [1.165, 1.54) is 17.9 Å². The SMILES string of the molecule is COc1ccccc1CCN(CC(=O)NCCc1c[nH]c2ccccc12)C(C)=O. The van der Waals surface area contributed by atoms with Gasteiger partial charge in [0, 0.05) is 37.1 Å². The van der Waals surface area contributed by atoms with E-state index >= 15 is 0 Å². The second-order valence-corrected chi connectivity index (χ2v) is 6.96. The Labute approximate surface area is 170 Å². The van der Waals surface area contributed by atoms with Crippen LogP contribution in [0.15, 0.2) is 54.7 Å². The number of methoxy groups -OCH3 is 1. The lowest BCUT2D eigenvalue weighted by Gasteiger charge is -2.21. The zero-order valence-electron chi connectivity index (χ0n) is 16.9. The van der Waals surface area contributed by atoms with Gasteiger partial charge in [-0.05, 0) is 36.1 Å². The topological polar surface area (TPSA) is 74.4 Å². The maximum absolute atomic E-state index is 12.3. The van der Waals surface area contributed by atoms with E-state index in [1.54, 1.807) is 12.0 Å². The van der Waals surface area contributed by atoms with E-state index in [1.807, 2.05) is 48.7 Å². The number of fused-ring (bicyclic) bond motifs is 1. The van der Waals surface area contributed by atoms with Gasteiger partial charge in [0.25, 0.3) is 0 Å². The van der Waals surface area contributed by atoms with Crippen LogP contribution >= 0.6 is 0 Å². The van der Waals surface area contributed by atoms with Gasteiger partial charge in [-0.3, -0.25) is 9.59 Å². The average Bonchev–Trinajstić information content (AvgIpc) is 3.14. The van der Waals surface area contributed by atoms with Crippen LogP contribution in [-0.4, -0.2) is 48.4 Å². The molecule has 2 N–H and O–H groups in total. The predicted octanol–water partition coefficient (Wildman–Crippen LogP) is 2.93. The van der Waals surface area contributed by atoms with Gasteiger partial charge in [-0.2, -0.15) is 0 Å². The largest absolute Gasteiger partial charge is 0.496 e. The number of H-pyrrole nitrogens is 1. The van der Waals surface area contributed by atoms with Crippen LogP contribution in [0.3, 0.4) is 0 Å². The van der Waals surface area contributed by atoms with Crippen molar-refractivity contribution in [3.63, 3.8) is 0 Å². The molecule has 0 radical (unpaired) electrons. The minimum Gasteiger partial charge on any atom is -0.496 e. The molecule has 0 fully saturated rings. The van der Waals surface area contributed by atoms with Gasteiger partial charge in [0.05, 0.1) is 13.7 Å². The Balaban J connectivity index is 1.49. The Morgan fingerprint density at radius 2 is 1.79 bits per heavy atom. The number of hydrogen-bond donors (Lipinski definition) is 2. The summed E-state index contributed by atoms with van der Waals surface area (Å²) in [5.74, 6) is 0.519. The van der Waals surface area contributed by atoms with Crippen molar-refractivity contribution in [1.82, 2.24) is 15.2 Å². The highest BCUT2D eigenvalue weighted by molar-refractivity contribution is 5.84. The number of aromatic nitrogens is 1. The first-order chi connectivity index (χ1) is 14.1. The molecule has 3 aromatic rings. The fraction of sp³-hybridized carbons (Fsp3) is 0.304. The number of nitrogens with zero attached hydrogens (tertiary/aromatic N) is 1. The Bertz CT molecular complexity index is 980. The van der Waals surface area contributed by atoms with E-state index in [9.17, 15) is 9.59 Å². The van der Waals surface area contributed by atoms with E-state index in [0.29, 0.717) is 19.5 Å². The molecule has 0 aliphatic carbocycles. The molecule has 0 aliphatic heterocycles. The third kappa shape index (κ3) is 5.38. The zero-order chi connectivity index (χ0) is 20.6. The molecule has 2 amide bonds. The number of benzene rings is 2. The molecule has 6 nitrogen and oxygen atoms in total. The molecule has 3 rings (SSSR count). The summed E-state index contributed by atoms with van der Waals surface area (Å²) in [5, 5.41) is 4.09. The predicted molar refractivity (Wildman–Crippen MR) is 114 cm³/mol. The van der Waals surface area contributed by atoms with Crippen LogP contribution in [0, 0.1) is 0 Å². The van der Waals surface area contributed by atoms with Crippen molar-refractivity contribution in [1.29, 1.82) is 0 Å². The lowest BCUT2D eigenvalue weighted by atomic mass is 10.1. The monoisotopic (exact) mass is 393 g/mol. The van der Waals surface area contributed by atoms with E-state index in [0.717, 1.165) is 23.3 Å². The summed E-state index contributed by atoms with van der Waals surface area (Å²) in [4.78, 5) is 29.1. The molecule has 0 unspecified atom stereocenters. The molecule has 0 spiro atoms. The van der Waals surface area contributed by atoms with Gasteiger partial charge >= 0.3 is 0 Å². The molecular weight excluding hydrogens is 366 g/mol. The molecule has 0 atom stereocenters. The first-order valence-electron chi connectivity index (χ1n) is 9.77. The summed E-state index contributed by atoms with van der Waals surface area (Å²) in [6.45, 7) is 2.53. The molecule has 29 heavy (non-hydrogen) atoms. The van der Waals surface area contributed by atoms with Gasteiger partial charge in [0.15, 0.2) is 0 Å². The summed E-state index contributed by atoms with van der Waals surface area (Å²) >= 11 is 0. The van der Waals surface area contributed by atoms with Crippen molar-refractivity contribution in [2.24, 2.45) is 0 Å². The Morgan fingerprint density at radius 3 is 2.59 bits per heavy atom. The van der Waals surface area contributed by atoms with Crippen molar-refractivity contribution in [2.45, 2.75) is 19.8 Å². The van der Waals surface area contributed by atoms with E-state index in [2.05, 4.69) is 16.4 Å². The number of aromatic amines is 1. The number of hydrogen-bond acceptors (Lipinski definition) is 3. The summed E-state index contributed by atoms with van der Waals surface area (Å²) in [6.07, 6.45) is 3.34. The van der Waals surface area contributed by atoms with Crippen molar-refractivity contribution >= 4 is 22.7 Å². The molecule has 0 saturated carbocycles. The second-order valence-electron chi connectivity index (χ2n) is 6.96. The van der Waals surface area contributed by atoms with Crippen LogP contribution in [0.1, 0.15) is 18.1 Å². The van der Waals surface area contributed by atoms with E-state index in [-0.39, 0.29) is 18.4 Å². The Morgan fingerprint density at radius 1 is 1.03 bits per heavy atom. The lowest BCUT2D eigenvalue weighted by Crippen LogP contribution is -2.41. The van der Waals surface area contributed by atoms with Crippen LogP contribution in [0.25, 0.3) is 10.9 Å². The highest BCUT2D eigenvalue weighted by Crippen LogP contribution is 2.18. The Kier molecular flexibility index (Phi) is 6.89. The second kappa shape index (κ2) is 9.78. The van der Waals surface area contributed by atoms with Gasteiger partial charge in [-0.25, -0.2) is 0 Å². The first kappa shape index (κ1) is 20.5. The van der Waals surface area contributed by atoms with E-state index < -0.39 is 0 Å². The maximum Gasteiger partial charge on any atom is 0.239 e. The zero-order valence-corrected chi connectivity index (χ0v) is 16.9. The van der Waals surface area contributed by atoms with E-state index in [4.69, 9.17) is 4.74 Å². The van der Waals surface area contributed by atoms with Gasteiger partial charge in [-0.1, -0.05) is 36.4 Å². The number of carbonyl (C=O) groups excluding carboxylic acids is 2.